The van der Waals surface area contributed by atoms with E-state index in [-0.39, 0.29) is 17.9 Å². The molecule has 1 fully saturated rings. The van der Waals surface area contributed by atoms with Gasteiger partial charge < -0.3 is 20.5 Å². The maximum atomic E-state index is 12.5. The second-order valence-corrected chi connectivity index (χ2v) is 5.95. The molecule has 1 unspecified atom stereocenters. The van der Waals surface area contributed by atoms with E-state index in [0.717, 1.165) is 0 Å². The van der Waals surface area contributed by atoms with Crippen LogP contribution < -0.4 is 15.4 Å². The molecule has 0 saturated heterocycles. The van der Waals surface area contributed by atoms with Crippen LogP contribution in [0.4, 0.5) is 5.69 Å². The van der Waals surface area contributed by atoms with Crippen LogP contribution in [-0.4, -0.2) is 35.0 Å². The van der Waals surface area contributed by atoms with Crippen molar-refractivity contribution in [2.45, 2.75) is 38.3 Å². The predicted octanol–water partition coefficient (Wildman–Crippen LogP) is 1.39. The number of anilines is 1. The zero-order valence-electron chi connectivity index (χ0n) is 12.7. The zero-order chi connectivity index (χ0) is 16.6. The Morgan fingerprint density at radius 3 is 2.83 bits per heavy atom. The Morgan fingerprint density at radius 1 is 1.35 bits per heavy atom. The number of benzene rings is 1. The highest BCUT2D eigenvalue weighted by atomic mass is 16.5. The number of carbonyl (C=O) groups is 3. The Morgan fingerprint density at radius 2 is 2.13 bits per heavy atom. The molecule has 3 atom stereocenters. The van der Waals surface area contributed by atoms with Gasteiger partial charge >= 0.3 is 5.97 Å². The summed E-state index contributed by atoms with van der Waals surface area (Å²) in [4.78, 5) is 35.1. The Balaban J connectivity index is 1.75. The highest BCUT2D eigenvalue weighted by Crippen LogP contribution is 2.34. The molecule has 0 radical (unpaired) electrons. The molecule has 122 valence electrons. The fraction of sp³-hybridized carbons (Fsp3) is 0.438. The van der Waals surface area contributed by atoms with E-state index in [4.69, 9.17) is 9.84 Å². The average Bonchev–Trinajstić information content (AvgIpc) is 2.96. The van der Waals surface area contributed by atoms with E-state index >= 15 is 0 Å². The first-order valence-corrected chi connectivity index (χ1v) is 7.60. The molecule has 2 amide bonds. The van der Waals surface area contributed by atoms with Crippen LogP contribution in [0.25, 0.3) is 0 Å². The molecule has 1 aromatic rings. The van der Waals surface area contributed by atoms with Crippen molar-refractivity contribution in [2.75, 3.05) is 5.32 Å². The van der Waals surface area contributed by atoms with Gasteiger partial charge in [-0.2, -0.15) is 0 Å². The molecular formula is C16H18N2O5. The van der Waals surface area contributed by atoms with Crippen molar-refractivity contribution >= 4 is 23.5 Å². The minimum Gasteiger partial charge on any atom is -0.481 e. The summed E-state index contributed by atoms with van der Waals surface area (Å²) in [7, 11) is 0. The molecule has 1 saturated carbocycles. The lowest BCUT2D eigenvalue weighted by Gasteiger charge is -2.25. The highest BCUT2D eigenvalue weighted by molar-refractivity contribution is 6.04. The summed E-state index contributed by atoms with van der Waals surface area (Å²) in [5.41, 5.74) is 0.809. The third-order valence-corrected chi connectivity index (χ3v) is 4.30. The number of aliphatic carboxylic acids is 1. The van der Waals surface area contributed by atoms with E-state index in [1.54, 1.807) is 25.1 Å². The van der Waals surface area contributed by atoms with Gasteiger partial charge in [-0.25, -0.2) is 0 Å². The van der Waals surface area contributed by atoms with Crippen LogP contribution in [0.2, 0.25) is 0 Å². The summed E-state index contributed by atoms with van der Waals surface area (Å²) in [6, 6.07) is 4.81. The fourth-order valence-electron chi connectivity index (χ4n) is 3.01. The fourth-order valence-corrected chi connectivity index (χ4v) is 3.01. The summed E-state index contributed by atoms with van der Waals surface area (Å²) >= 11 is 0. The number of carboxylic acids is 1. The minimum absolute atomic E-state index is 0.157. The van der Waals surface area contributed by atoms with Gasteiger partial charge in [0.25, 0.3) is 11.8 Å². The van der Waals surface area contributed by atoms with Gasteiger partial charge in [0, 0.05) is 6.04 Å². The Labute approximate surface area is 133 Å². The zero-order valence-corrected chi connectivity index (χ0v) is 12.7. The second kappa shape index (κ2) is 5.91. The molecule has 23 heavy (non-hydrogen) atoms. The molecule has 7 heteroatoms. The van der Waals surface area contributed by atoms with Gasteiger partial charge in [-0.1, -0.05) is 6.07 Å². The maximum Gasteiger partial charge on any atom is 0.306 e. The number of hydrogen-bond donors (Lipinski definition) is 3. The maximum absolute atomic E-state index is 12.5. The van der Waals surface area contributed by atoms with Crippen molar-refractivity contribution in [3.05, 3.63) is 23.8 Å². The van der Waals surface area contributed by atoms with E-state index in [1.165, 1.54) is 0 Å². The Bertz CT molecular complexity index is 672. The van der Waals surface area contributed by atoms with Gasteiger partial charge in [0.1, 0.15) is 0 Å². The molecule has 2 aliphatic rings. The highest BCUT2D eigenvalue weighted by Gasteiger charge is 2.32. The summed E-state index contributed by atoms with van der Waals surface area (Å²) in [5, 5.41) is 14.6. The lowest BCUT2D eigenvalue weighted by Crippen LogP contribution is -2.37. The molecule has 0 spiro atoms. The van der Waals surface area contributed by atoms with Crippen LogP contribution in [0.5, 0.6) is 5.75 Å². The van der Waals surface area contributed by atoms with Crippen LogP contribution in [0.15, 0.2) is 18.2 Å². The molecule has 3 rings (SSSR count). The molecule has 7 nitrogen and oxygen atoms in total. The molecule has 1 aromatic carbocycles. The molecule has 0 aromatic heterocycles. The monoisotopic (exact) mass is 318 g/mol. The summed E-state index contributed by atoms with van der Waals surface area (Å²) in [6.45, 7) is 1.61. The number of para-hydroxylation sites is 1. The van der Waals surface area contributed by atoms with Crippen LogP contribution >= 0.6 is 0 Å². The van der Waals surface area contributed by atoms with Crippen molar-refractivity contribution in [1.82, 2.24) is 5.32 Å². The van der Waals surface area contributed by atoms with E-state index in [0.29, 0.717) is 36.3 Å². The molecule has 1 aliphatic heterocycles. The van der Waals surface area contributed by atoms with Crippen LogP contribution in [-0.2, 0) is 9.59 Å². The van der Waals surface area contributed by atoms with Crippen LogP contribution in [0, 0.1) is 5.92 Å². The van der Waals surface area contributed by atoms with Gasteiger partial charge in [-0.3, -0.25) is 14.4 Å². The molecule has 3 N–H and O–H groups in total. The van der Waals surface area contributed by atoms with Crippen molar-refractivity contribution in [1.29, 1.82) is 0 Å². The first-order valence-electron chi connectivity index (χ1n) is 7.60. The topological polar surface area (TPSA) is 105 Å². The van der Waals surface area contributed by atoms with Gasteiger partial charge in [-0.05, 0) is 38.3 Å². The number of hydrogen-bond acceptors (Lipinski definition) is 4. The van der Waals surface area contributed by atoms with E-state index in [2.05, 4.69) is 10.6 Å². The molecule has 1 aliphatic carbocycles. The second-order valence-electron chi connectivity index (χ2n) is 5.95. The number of fused-ring (bicyclic) bond motifs is 1. The van der Waals surface area contributed by atoms with Gasteiger partial charge in [0.2, 0.25) is 0 Å². The predicted molar refractivity (Wildman–Crippen MR) is 81.4 cm³/mol. The standard InChI is InChI=1S/C16H18N2O5/c1-8-14(19)18-12-4-2-3-11(13(12)23-8)15(20)17-10-6-5-9(7-10)16(21)22/h2-4,8-10H,5-7H2,1H3,(H,17,20)(H,18,19)(H,21,22)/t8?,9-,10+/m0/s1. The van der Waals surface area contributed by atoms with Gasteiger partial charge in [-0.15, -0.1) is 0 Å². The number of carbonyl (C=O) groups excluding carboxylic acids is 2. The lowest BCUT2D eigenvalue weighted by atomic mass is 10.1. The smallest absolute Gasteiger partial charge is 0.306 e. The van der Waals surface area contributed by atoms with E-state index in [1.807, 2.05) is 0 Å². The van der Waals surface area contributed by atoms with E-state index in [9.17, 15) is 14.4 Å². The third kappa shape index (κ3) is 2.99. The Hall–Kier alpha value is -2.57. The van der Waals surface area contributed by atoms with Crippen molar-refractivity contribution in [3.63, 3.8) is 0 Å². The summed E-state index contributed by atoms with van der Waals surface area (Å²) < 4.78 is 5.55. The average molecular weight is 318 g/mol. The minimum atomic E-state index is -0.821. The summed E-state index contributed by atoms with van der Waals surface area (Å²) in [6.07, 6.45) is 0.978. The van der Waals surface area contributed by atoms with Gasteiger partial charge in [0.15, 0.2) is 11.9 Å². The first-order chi connectivity index (χ1) is 11.0. The quantitative estimate of drug-likeness (QED) is 0.781. The number of amides is 2. The van der Waals surface area contributed by atoms with Crippen LogP contribution in [0.3, 0.4) is 0 Å². The van der Waals surface area contributed by atoms with E-state index < -0.39 is 18.0 Å². The Kier molecular flexibility index (Phi) is 3.94. The van der Waals surface area contributed by atoms with Gasteiger partial charge in [0.05, 0.1) is 17.2 Å². The normalized spacial score (nSPS) is 26.0. The third-order valence-electron chi connectivity index (χ3n) is 4.30. The van der Waals surface area contributed by atoms with Crippen LogP contribution in [0.1, 0.15) is 36.5 Å². The number of rotatable bonds is 3. The number of ether oxygens (including phenoxy) is 1. The van der Waals surface area contributed by atoms with Crippen molar-refractivity contribution < 1.29 is 24.2 Å². The SMILES string of the molecule is CC1Oc2c(cccc2C(=O)N[C@@H]2CC[C@H](C(=O)O)C2)NC1=O. The van der Waals surface area contributed by atoms with Crippen molar-refractivity contribution in [2.24, 2.45) is 5.92 Å². The van der Waals surface area contributed by atoms with Crippen molar-refractivity contribution in [3.8, 4) is 5.75 Å². The molecule has 0 bridgehead atoms. The number of carboxylic acid groups (broad SMARTS) is 1. The lowest BCUT2D eigenvalue weighted by molar-refractivity contribution is -0.141. The molecular weight excluding hydrogens is 300 g/mol. The largest absolute Gasteiger partial charge is 0.481 e. The summed E-state index contributed by atoms with van der Waals surface area (Å²) in [5.74, 6) is -1.44. The first kappa shape index (κ1) is 15.3. The number of nitrogens with one attached hydrogen (secondary N) is 2. The molecule has 1 heterocycles.